The Morgan fingerprint density at radius 3 is 2.31 bits per heavy atom. The van der Waals surface area contributed by atoms with Gasteiger partial charge in [0, 0.05) is 11.5 Å². The zero-order chi connectivity index (χ0) is 23.5. The zero-order valence-electron chi connectivity index (χ0n) is 20.0. The summed E-state index contributed by atoms with van der Waals surface area (Å²) in [5.41, 5.74) is 5.58. The Labute approximate surface area is 190 Å². The first-order valence-electron chi connectivity index (χ1n) is 11.9. The third-order valence-corrected chi connectivity index (χ3v) is 7.83. The van der Waals surface area contributed by atoms with Gasteiger partial charge in [0.1, 0.15) is 18.3 Å². The molecule has 2 aliphatic carbocycles. The topological polar surface area (TPSA) is 99.4 Å². The molecular formula is C26H38O6. The molecular weight excluding hydrogens is 408 g/mol. The van der Waals surface area contributed by atoms with E-state index in [2.05, 4.69) is 33.8 Å². The maximum Gasteiger partial charge on any atom is 0.229 e. The molecule has 1 fully saturated rings. The van der Waals surface area contributed by atoms with Gasteiger partial charge < -0.3 is 29.9 Å². The second-order valence-corrected chi connectivity index (χ2v) is 10.5. The molecule has 0 unspecified atom stereocenters. The van der Waals surface area contributed by atoms with Crippen LogP contribution < -0.4 is 4.74 Å². The van der Waals surface area contributed by atoms with E-state index in [1.165, 1.54) is 16.7 Å². The molecule has 0 bridgehead atoms. The minimum Gasteiger partial charge on any atom is -0.504 e. The number of allylic oxidation sites excluding steroid dienone is 2. The Morgan fingerprint density at radius 1 is 0.969 bits per heavy atom. The number of aliphatic hydroxyl groups is 3. The smallest absolute Gasteiger partial charge is 0.229 e. The van der Waals surface area contributed by atoms with Crippen molar-refractivity contribution in [2.75, 3.05) is 0 Å². The van der Waals surface area contributed by atoms with E-state index in [9.17, 15) is 20.4 Å². The van der Waals surface area contributed by atoms with E-state index in [1.807, 2.05) is 6.92 Å². The summed E-state index contributed by atoms with van der Waals surface area (Å²) < 4.78 is 11.8. The Bertz CT molecular complexity index is 904. The van der Waals surface area contributed by atoms with E-state index in [0.717, 1.165) is 30.4 Å². The standard InChI is InChI=1S/C26H38O6/c1-11(2)9-16-10-13(4)17-8-7-12(3)18-20(17)19(16)14(5)21(27)25(18)32-26-24(30)23(29)22(28)15(6)31-26/h9,12-13,15-17,22-24,26-30H,7-8,10H2,1-6H3/t12-,13-,15-,16+,17+,22+,23+,24-,26-/m0/s1. The van der Waals surface area contributed by atoms with Crippen LogP contribution in [0.25, 0.3) is 0 Å². The highest BCUT2D eigenvalue weighted by Gasteiger charge is 2.46. The molecule has 0 saturated carbocycles. The van der Waals surface area contributed by atoms with E-state index in [1.54, 1.807) is 6.92 Å². The highest BCUT2D eigenvalue weighted by molar-refractivity contribution is 5.64. The Kier molecular flexibility index (Phi) is 6.36. The van der Waals surface area contributed by atoms with Gasteiger partial charge in [0.15, 0.2) is 11.5 Å². The van der Waals surface area contributed by atoms with Crippen LogP contribution in [0.4, 0.5) is 0 Å². The first-order valence-corrected chi connectivity index (χ1v) is 11.9. The first kappa shape index (κ1) is 23.6. The highest BCUT2D eigenvalue weighted by Crippen LogP contribution is 2.58. The van der Waals surface area contributed by atoms with E-state index in [4.69, 9.17) is 9.47 Å². The first-order chi connectivity index (χ1) is 15.0. The Balaban J connectivity index is 1.86. The van der Waals surface area contributed by atoms with Gasteiger partial charge >= 0.3 is 0 Å². The number of hydrogen-bond donors (Lipinski definition) is 4. The lowest BCUT2D eigenvalue weighted by molar-refractivity contribution is -0.268. The number of ether oxygens (including phenoxy) is 2. The van der Waals surface area contributed by atoms with Crippen LogP contribution in [0.15, 0.2) is 11.6 Å². The molecule has 178 valence electrons. The molecule has 9 atom stereocenters. The fourth-order valence-electron chi connectivity index (χ4n) is 6.13. The fraction of sp³-hybridized carbons (Fsp3) is 0.692. The van der Waals surface area contributed by atoms with Crippen molar-refractivity contribution < 1.29 is 29.9 Å². The summed E-state index contributed by atoms with van der Waals surface area (Å²) >= 11 is 0. The summed E-state index contributed by atoms with van der Waals surface area (Å²) in [5, 5.41) is 42.1. The largest absolute Gasteiger partial charge is 0.504 e. The predicted octanol–water partition coefficient (Wildman–Crippen LogP) is 3.98. The quantitative estimate of drug-likeness (QED) is 0.524. The van der Waals surface area contributed by atoms with Crippen molar-refractivity contribution in [2.45, 2.75) is 109 Å². The predicted molar refractivity (Wildman–Crippen MR) is 122 cm³/mol. The third kappa shape index (κ3) is 3.75. The summed E-state index contributed by atoms with van der Waals surface area (Å²) in [6, 6.07) is 0. The lowest BCUT2D eigenvalue weighted by Gasteiger charge is -2.44. The van der Waals surface area contributed by atoms with Gasteiger partial charge in [-0.1, -0.05) is 25.5 Å². The molecule has 1 aromatic rings. The van der Waals surface area contributed by atoms with Crippen molar-refractivity contribution in [1.29, 1.82) is 0 Å². The van der Waals surface area contributed by atoms with Gasteiger partial charge in [-0.3, -0.25) is 0 Å². The number of aliphatic hydroxyl groups excluding tert-OH is 3. The number of hydrogen-bond acceptors (Lipinski definition) is 6. The maximum absolute atomic E-state index is 11.3. The van der Waals surface area contributed by atoms with Crippen molar-refractivity contribution in [1.82, 2.24) is 0 Å². The summed E-state index contributed by atoms with van der Waals surface area (Å²) in [6.07, 6.45) is -0.406. The molecule has 4 rings (SSSR count). The van der Waals surface area contributed by atoms with Gasteiger partial charge in [0.05, 0.1) is 6.10 Å². The van der Waals surface area contributed by atoms with Crippen LogP contribution >= 0.6 is 0 Å². The summed E-state index contributed by atoms with van der Waals surface area (Å²) in [7, 11) is 0. The van der Waals surface area contributed by atoms with Crippen molar-refractivity contribution >= 4 is 0 Å². The van der Waals surface area contributed by atoms with E-state index in [-0.39, 0.29) is 17.6 Å². The van der Waals surface area contributed by atoms with Crippen LogP contribution in [-0.2, 0) is 4.74 Å². The van der Waals surface area contributed by atoms with E-state index < -0.39 is 30.7 Å². The van der Waals surface area contributed by atoms with Crippen molar-refractivity contribution in [2.24, 2.45) is 5.92 Å². The summed E-state index contributed by atoms with van der Waals surface area (Å²) in [4.78, 5) is 0. The molecule has 1 saturated heterocycles. The van der Waals surface area contributed by atoms with Crippen LogP contribution in [-0.4, -0.2) is 51.1 Å². The van der Waals surface area contributed by atoms with E-state index >= 15 is 0 Å². The van der Waals surface area contributed by atoms with Crippen LogP contribution in [0, 0.1) is 12.8 Å². The second kappa shape index (κ2) is 8.64. The molecule has 0 aromatic heterocycles. The molecule has 4 N–H and O–H groups in total. The Morgan fingerprint density at radius 2 is 1.66 bits per heavy atom. The molecule has 6 heteroatoms. The lowest BCUT2D eigenvalue weighted by Crippen LogP contribution is -2.58. The molecule has 0 amide bonds. The average Bonchev–Trinajstić information content (AvgIpc) is 2.72. The van der Waals surface area contributed by atoms with Crippen LogP contribution in [0.2, 0.25) is 0 Å². The van der Waals surface area contributed by atoms with Gasteiger partial charge in [-0.05, 0) is 81.4 Å². The van der Waals surface area contributed by atoms with Gasteiger partial charge in [-0.15, -0.1) is 0 Å². The Hall–Kier alpha value is -1.60. The minimum absolute atomic E-state index is 0.0806. The van der Waals surface area contributed by atoms with Gasteiger partial charge in [0.25, 0.3) is 0 Å². The minimum atomic E-state index is -1.42. The second-order valence-electron chi connectivity index (χ2n) is 10.5. The number of phenolic OH excluding ortho intramolecular Hbond substituents is 1. The maximum atomic E-state index is 11.3. The third-order valence-electron chi connectivity index (χ3n) is 7.83. The number of benzene rings is 1. The highest BCUT2D eigenvalue weighted by atomic mass is 16.7. The van der Waals surface area contributed by atoms with Crippen LogP contribution in [0.3, 0.4) is 0 Å². The van der Waals surface area contributed by atoms with Crippen molar-refractivity contribution in [3.63, 3.8) is 0 Å². The SMILES string of the molecule is CC(C)=C[C@@H]1C[C@H](C)[C@H]2CC[C@H](C)c3c(O[C@@H]4O[C@@H](C)[C@@H](O)[C@@H](O)[C@@H]4O)c(O)c(C)c1c32. The molecule has 1 heterocycles. The van der Waals surface area contributed by atoms with E-state index in [0.29, 0.717) is 17.6 Å². The fourth-order valence-corrected chi connectivity index (χ4v) is 6.13. The van der Waals surface area contributed by atoms with Gasteiger partial charge in [-0.25, -0.2) is 0 Å². The molecule has 6 nitrogen and oxygen atoms in total. The summed E-state index contributed by atoms with van der Waals surface area (Å²) in [5.74, 6) is 1.79. The monoisotopic (exact) mass is 446 g/mol. The van der Waals surface area contributed by atoms with Gasteiger partial charge in [-0.2, -0.15) is 0 Å². The zero-order valence-corrected chi connectivity index (χ0v) is 20.0. The van der Waals surface area contributed by atoms with Gasteiger partial charge in [0.2, 0.25) is 6.29 Å². The van der Waals surface area contributed by atoms with Crippen LogP contribution in [0.1, 0.15) is 93.9 Å². The molecule has 1 aromatic carbocycles. The van der Waals surface area contributed by atoms with Crippen molar-refractivity contribution in [3.8, 4) is 11.5 Å². The molecule has 1 aliphatic heterocycles. The number of phenols is 1. The normalized spacial score (nSPS) is 38.7. The van der Waals surface area contributed by atoms with Crippen molar-refractivity contribution in [3.05, 3.63) is 33.9 Å². The molecule has 0 radical (unpaired) electrons. The average molecular weight is 447 g/mol. The molecule has 3 aliphatic rings. The molecule has 0 spiro atoms. The lowest BCUT2D eigenvalue weighted by atomic mass is 9.62. The molecule has 32 heavy (non-hydrogen) atoms. The number of aromatic hydroxyl groups is 1. The number of rotatable bonds is 3. The summed E-state index contributed by atoms with van der Waals surface area (Å²) in [6.45, 7) is 12.3. The van der Waals surface area contributed by atoms with Crippen LogP contribution in [0.5, 0.6) is 11.5 Å².